The highest BCUT2D eigenvalue weighted by atomic mass is 35.5. The fraction of sp³-hybridized carbons (Fsp3) is 0.429. The Morgan fingerprint density at radius 3 is 2.71 bits per heavy atom. The number of hydrogen-bond acceptors (Lipinski definition) is 4. The van der Waals surface area contributed by atoms with Gasteiger partial charge in [-0.05, 0) is 31.0 Å². The van der Waals surface area contributed by atoms with Gasteiger partial charge in [0, 0.05) is 5.02 Å². The topological polar surface area (TPSA) is 96.9 Å². The first-order chi connectivity index (χ1) is 10.0. The molecule has 1 fully saturated rings. The number of amides is 1. The smallest absolute Gasteiger partial charge is 0.238 e. The number of ether oxygens (including phenoxy) is 1. The van der Waals surface area contributed by atoms with Crippen LogP contribution in [0.15, 0.2) is 23.4 Å². The van der Waals surface area contributed by atoms with Crippen molar-refractivity contribution in [3.63, 3.8) is 0 Å². The predicted octanol–water partition coefficient (Wildman–Crippen LogP) is 2.59. The summed E-state index contributed by atoms with van der Waals surface area (Å²) in [5.74, 6) is 0.134. The summed E-state index contributed by atoms with van der Waals surface area (Å²) in [6.07, 6.45) is 2.82. The van der Waals surface area contributed by atoms with Gasteiger partial charge in [0.25, 0.3) is 0 Å². The minimum Gasteiger partial charge on any atom is -0.495 e. The predicted molar refractivity (Wildman–Crippen MR) is 80.9 cm³/mol. The number of amidine groups is 1. The number of methoxy groups -OCH3 is 1. The van der Waals surface area contributed by atoms with E-state index >= 15 is 0 Å². The summed E-state index contributed by atoms with van der Waals surface area (Å²) >= 11 is 5.95. The average molecular weight is 312 g/mol. The molecular weight excluding hydrogens is 294 g/mol. The van der Waals surface area contributed by atoms with Crippen molar-refractivity contribution in [3.05, 3.63) is 23.2 Å². The zero-order chi connectivity index (χ0) is 15.5. The van der Waals surface area contributed by atoms with Crippen LogP contribution in [0.25, 0.3) is 0 Å². The van der Waals surface area contributed by atoms with Gasteiger partial charge in [0.15, 0.2) is 5.84 Å². The van der Waals surface area contributed by atoms with Crippen LogP contribution in [0.1, 0.15) is 25.7 Å². The molecule has 6 nitrogen and oxygen atoms in total. The quantitative estimate of drug-likeness (QED) is 0.344. The molecule has 1 amide bonds. The van der Waals surface area contributed by atoms with Crippen LogP contribution in [0.3, 0.4) is 0 Å². The Morgan fingerprint density at radius 2 is 2.14 bits per heavy atom. The third kappa shape index (κ3) is 2.90. The lowest BCUT2D eigenvalue weighted by Crippen LogP contribution is -2.45. The standard InChI is InChI=1S/C14H18ClN3O3/c1-21-11-5-4-9(15)8-10(11)17-13(19)14(12(16)18-20)6-2-3-7-14/h4-5,8,20H,2-3,6-7H2,1H3,(H2,16,18)(H,17,19). The van der Waals surface area contributed by atoms with E-state index in [0.717, 1.165) is 12.8 Å². The van der Waals surface area contributed by atoms with E-state index in [0.29, 0.717) is 29.3 Å². The van der Waals surface area contributed by atoms with E-state index in [4.69, 9.17) is 27.3 Å². The lowest BCUT2D eigenvalue weighted by molar-refractivity contribution is -0.122. The molecule has 7 heteroatoms. The molecule has 0 aromatic heterocycles. The van der Waals surface area contributed by atoms with Crippen molar-refractivity contribution in [1.82, 2.24) is 0 Å². The van der Waals surface area contributed by atoms with E-state index in [1.807, 2.05) is 0 Å². The van der Waals surface area contributed by atoms with E-state index in [1.54, 1.807) is 18.2 Å². The number of nitrogens with zero attached hydrogens (tertiary/aromatic N) is 1. The van der Waals surface area contributed by atoms with E-state index in [-0.39, 0.29) is 11.7 Å². The van der Waals surface area contributed by atoms with Crippen LogP contribution in [0.5, 0.6) is 5.75 Å². The van der Waals surface area contributed by atoms with Crippen molar-refractivity contribution in [2.24, 2.45) is 16.3 Å². The third-order valence-electron chi connectivity index (χ3n) is 3.90. The Labute approximate surface area is 127 Å². The Morgan fingerprint density at radius 1 is 1.48 bits per heavy atom. The fourth-order valence-corrected chi connectivity index (χ4v) is 2.87. The number of nitrogens with one attached hydrogen (secondary N) is 1. The van der Waals surface area contributed by atoms with Crippen LogP contribution in [0.2, 0.25) is 5.02 Å². The molecule has 1 aromatic carbocycles. The van der Waals surface area contributed by atoms with Crippen LogP contribution in [-0.2, 0) is 4.79 Å². The second-order valence-electron chi connectivity index (χ2n) is 5.07. The number of halogens is 1. The molecule has 1 aliphatic carbocycles. The second-order valence-corrected chi connectivity index (χ2v) is 5.51. The third-order valence-corrected chi connectivity index (χ3v) is 4.13. The highest BCUT2D eigenvalue weighted by molar-refractivity contribution is 6.31. The highest BCUT2D eigenvalue weighted by Gasteiger charge is 2.45. The van der Waals surface area contributed by atoms with Gasteiger partial charge in [-0.2, -0.15) is 0 Å². The van der Waals surface area contributed by atoms with Crippen molar-refractivity contribution < 1.29 is 14.7 Å². The fourth-order valence-electron chi connectivity index (χ4n) is 2.69. The maximum absolute atomic E-state index is 12.6. The first kappa shape index (κ1) is 15.4. The number of anilines is 1. The maximum atomic E-state index is 12.6. The van der Waals surface area contributed by atoms with E-state index in [2.05, 4.69) is 10.5 Å². The Balaban J connectivity index is 2.30. The van der Waals surface area contributed by atoms with Gasteiger partial charge in [0.1, 0.15) is 11.2 Å². The van der Waals surface area contributed by atoms with E-state index in [1.165, 1.54) is 7.11 Å². The summed E-state index contributed by atoms with van der Waals surface area (Å²) in [7, 11) is 1.51. The molecular formula is C14H18ClN3O3. The summed E-state index contributed by atoms with van der Waals surface area (Å²) in [4.78, 5) is 12.6. The minimum atomic E-state index is -0.970. The van der Waals surface area contributed by atoms with Gasteiger partial charge in [-0.1, -0.05) is 29.6 Å². The normalized spacial score (nSPS) is 17.5. The monoisotopic (exact) mass is 311 g/mol. The molecule has 1 aromatic rings. The molecule has 1 saturated carbocycles. The van der Waals surface area contributed by atoms with Gasteiger partial charge in [-0.3, -0.25) is 4.79 Å². The van der Waals surface area contributed by atoms with Crippen LogP contribution in [0.4, 0.5) is 5.69 Å². The van der Waals surface area contributed by atoms with Gasteiger partial charge < -0.3 is 21.0 Å². The SMILES string of the molecule is COc1ccc(Cl)cc1NC(=O)C1(C(N)=NO)CCCC1. The zero-order valence-corrected chi connectivity index (χ0v) is 12.5. The summed E-state index contributed by atoms with van der Waals surface area (Å²) in [6, 6.07) is 4.95. The summed E-state index contributed by atoms with van der Waals surface area (Å²) < 4.78 is 5.20. The van der Waals surface area contributed by atoms with Crippen molar-refractivity contribution >= 4 is 29.0 Å². The van der Waals surface area contributed by atoms with Crippen LogP contribution < -0.4 is 15.8 Å². The Kier molecular flexibility index (Phi) is 4.57. The number of carbonyl (C=O) groups is 1. The molecule has 0 radical (unpaired) electrons. The van der Waals surface area contributed by atoms with Crippen LogP contribution in [-0.4, -0.2) is 24.1 Å². The van der Waals surface area contributed by atoms with E-state index in [9.17, 15) is 4.79 Å². The Bertz CT molecular complexity index is 569. The molecule has 0 saturated heterocycles. The van der Waals surface area contributed by atoms with Gasteiger partial charge >= 0.3 is 0 Å². The van der Waals surface area contributed by atoms with Crippen molar-refractivity contribution in [2.75, 3.05) is 12.4 Å². The lowest BCUT2D eigenvalue weighted by atomic mass is 9.83. The number of nitrogens with two attached hydrogens (primary N) is 1. The Hall–Kier alpha value is -1.95. The van der Waals surface area contributed by atoms with E-state index < -0.39 is 5.41 Å². The summed E-state index contributed by atoms with van der Waals surface area (Å²) in [5.41, 5.74) is 5.24. The van der Waals surface area contributed by atoms with Crippen molar-refractivity contribution in [2.45, 2.75) is 25.7 Å². The van der Waals surface area contributed by atoms with Gasteiger partial charge in [0.2, 0.25) is 5.91 Å². The molecule has 0 atom stereocenters. The maximum Gasteiger partial charge on any atom is 0.238 e. The van der Waals surface area contributed by atoms with Crippen molar-refractivity contribution in [1.29, 1.82) is 0 Å². The molecule has 0 bridgehead atoms. The number of oxime groups is 1. The van der Waals surface area contributed by atoms with Gasteiger partial charge in [-0.15, -0.1) is 0 Å². The van der Waals surface area contributed by atoms with Gasteiger partial charge in [-0.25, -0.2) is 0 Å². The highest BCUT2D eigenvalue weighted by Crippen LogP contribution is 2.40. The van der Waals surface area contributed by atoms with Gasteiger partial charge in [0.05, 0.1) is 12.8 Å². The molecule has 4 N–H and O–H groups in total. The first-order valence-corrected chi connectivity index (χ1v) is 7.04. The summed E-state index contributed by atoms with van der Waals surface area (Å²) in [5, 5.41) is 15.3. The number of carbonyl (C=O) groups excluding carboxylic acids is 1. The lowest BCUT2D eigenvalue weighted by Gasteiger charge is -2.26. The molecule has 0 aliphatic heterocycles. The van der Waals surface area contributed by atoms with Crippen LogP contribution in [0, 0.1) is 5.41 Å². The largest absolute Gasteiger partial charge is 0.495 e. The van der Waals surface area contributed by atoms with Crippen molar-refractivity contribution in [3.8, 4) is 5.75 Å². The average Bonchev–Trinajstić information content (AvgIpc) is 2.97. The molecule has 0 unspecified atom stereocenters. The molecule has 114 valence electrons. The van der Waals surface area contributed by atoms with Crippen LogP contribution >= 0.6 is 11.6 Å². The number of hydrogen-bond donors (Lipinski definition) is 3. The number of rotatable bonds is 4. The molecule has 0 heterocycles. The summed E-state index contributed by atoms with van der Waals surface area (Å²) in [6.45, 7) is 0. The molecule has 0 spiro atoms. The molecule has 21 heavy (non-hydrogen) atoms. The number of benzene rings is 1. The first-order valence-electron chi connectivity index (χ1n) is 6.66. The molecule has 2 rings (SSSR count). The second kappa shape index (κ2) is 6.22. The minimum absolute atomic E-state index is 0.0569. The zero-order valence-electron chi connectivity index (χ0n) is 11.7. The molecule has 1 aliphatic rings.